The van der Waals surface area contributed by atoms with E-state index in [1.807, 2.05) is 19.1 Å². The maximum absolute atomic E-state index is 13.4. The number of imide groups is 1. The van der Waals surface area contributed by atoms with Gasteiger partial charge in [-0.05, 0) is 18.4 Å². The van der Waals surface area contributed by atoms with E-state index in [0.717, 1.165) is 16.1 Å². The maximum atomic E-state index is 13.4. The first-order valence-electron chi connectivity index (χ1n) is 10.5. The van der Waals surface area contributed by atoms with Gasteiger partial charge in [-0.3, -0.25) is 29.3 Å². The number of nitro benzene ring substituents is 1. The molecule has 0 unspecified atom stereocenters. The van der Waals surface area contributed by atoms with Gasteiger partial charge in [0.05, 0.1) is 16.8 Å². The smallest absolute Gasteiger partial charge is 0.273 e. The standard InChI is InChI=1S/C24H21N3O6/c1-15-7-5-12-19-21(15)24(31)26(23(19)30)25(14-20(28)16-8-3-2-4-9-16)22(29)17-10-6-11-18(13-17)27(32)33/h2-11,13,15,19,21H,12,14H2,1H3/t15-,19-,21-/m1/s1. The molecular weight excluding hydrogens is 426 g/mol. The number of fused-ring (bicyclic) bond motifs is 1. The average molecular weight is 447 g/mol. The van der Waals surface area contributed by atoms with Crippen molar-refractivity contribution in [2.75, 3.05) is 6.54 Å². The minimum absolute atomic E-state index is 0.105. The Morgan fingerprint density at radius 3 is 2.42 bits per heavy atom. The summed E-state index contributed by atoms with van der Waals surface area (Å²) in [6.07, 6.45) is 4.06. The SMILES string of the molecule is C[C@@H]1C=CC[C@H]2C(=O)N(N(CC(=O)c3ccccc3)C(=O)c3cccc([N+](=O)[O-])c3)C(=O)[C@H]12. The van der Waals surface area contributed by atoms with Crippen LogP contribution in [0.1, 0.15) is 34.1 Å². The molecule has 0 bridgehead atoms. The molecule has 9 heteroatoms. The van der Waals surface area contributed by atoms with Gasteiger partial charge in [0, 0.05) is 23.3 Å². The summed E-state index contributed by atoms with van der Waals surface area (Å²) in [5.41, 5.74) is -0.117. The van der Waals surface area contributed by atoms with E-state index >= 15 is 0 Å². The first-order valence-corrected chi connectivity index (χ1v) is 10.5. The van der Waals surface area contributed by atoms with Crippen LogP contribution in [-0.4, -0.2) is 45.0 Å². The average Bonchev–Trinajstić information content (AvgIpc) is 3.08. The number of nitrogens with zero attached hydrogens (tertiary/aromatic N) is 3. The van der Waals surface area contributed by atoms with E-state index in [4.69, 9.17) is 0 Å². The van der Waals surface area contributed by atoms with Crippen molar-refractivity contribution in [1.29, 1.82) is 0 Å². The first-order chi connectivity index (χ1) is 15.8. The van der Waals surface area contributed by atoms with Gasteiger partial charge in [-0.15, -0.1) is 0 Å². The monoisotopic (exact) mass is 447 g/mol. The summed E-state index contributed by atoms with van der Waals surface area (Å²) in [6.45, 7) is 1.26. The Labute approximate surface area is 189 Å². The highest BCUT2D eigenvalue weighted by Crippen LogP contribution is 2.39. The number of carbonyl (C=O) groups is 4. The second-order valence-corrected chi connectivity index (χ2v) is 8.10. The topological polar surface area (TPSA) is 118 Å². The van der Waals surface area contributed by atoms with Crippen molar-refractivity contribution in [2.24, 2.45) is 17.8 Å². The van der Waals surface area contributed by atoms with Crippen molar-refractivity contribution >= 4 is 29.2 Å². The molecule has 2 aromatic rings. The van der Waals surface area contributed by atoms with Gasteiger partial charge in [0.15, 0.2) is 5.78 Å². The van der Waals surface area contributed by atoms with Gasteiger partial charge in [0.25, 0.3) is 23.4 Å². The number of hydrogen-bond donors (Lipinski definition) is 0. The number of ketones is 1. The molecular formula is C24H21N3O6. The Balaban J connectivity index is 1.73. The lowest BCUT2D eigenvalue weighted by atomic mass is 9.78. The highest BCUT2D eigenvalue weighted by Gasteiger charge is 2.53. The molecule has 1 aliphatic carbocycles. The summed E-state index contributed by atoms with van der Waals surface area (Å²) >= 11 is 0. The molecule has 1 heterocycles. The Kier molecular flexibility index (Phi) is 5.87. The molecule has 1 saturated heterocycles. The molecule has 3 amide bonds. The molecule has 2 aliphatic rings. The molecule has 0 saturated carbocycles. The number of Topliss-reactive ketones (excluding diaryl/α,β-unsaturated/α-hetero) is 1. The summed E-state index contributed by atoms with van der Waals surface area (Å²) in [4.78, 5) is 63.4. The molecule has 0 radical (unpaired) electrons. The molecule has 9 nitrogen and oxygen atoms in total. The molecule has 1 fully saturated rings. The maximum Gasteiger partial charge on any atom is 0.273 e. The van der Waals surface area contributed by atoms with E-state index in [0.29, 0.717) is 12.0 Å². The minimum Gasteiger partial charge on any atom is -0.292 e. The molecule has 168 valence electrons. The number of non-ortho nitro benzene ring substituents is 1. The lowest BCUT2D eigenvalue weighted by Crippen LogP contribution is -2.52. The van der Waals surface area contributed by atoms with Crippen LogP contribution < -0.4 is 0 Å². The van der Waals surface area contributed by atoms with Crippen LogP contribution >= 0.6 is 0 Å². The summed E-state index contributed by atoms with van der Waals surface area (Å²) in [5.74, 6) is -3.88. The number of carbonyl (C=O) groups excluding carboxylic acids is 4. The largest absolute Gasteiger partial charge is 0.292 e. The zero-order valence-corrected chi connectivity index (χ0v) is 17.8. The van der Waals surface area contributed by atoms with E-state index in [1.165, 1.54) is 18.2 Å². The van der Waals surface area contributed by atoms with Gasteiger partial charge in [-0.1, -0.05) is 55.5 Å². The number of rotatable bonds is 6. The molecule has 0 N–H and O–H groups in total. The van der Waals surface area contributed by atoms with Gasteiger partial charge in [0.2, 0.25) is 0 Å². The van der Waals surface area contributed by atoms with E-state index in [-0.39, 0.29) is 17.2 Å². The van der Waals surface area contributed by atoms with Gasteiger partial charge < -0.3 is 0 Å². The van der Waals surface area contributed by atoms with E-state index in [1.54, 1.807) is 30.3 Å². The van der Waals surface area contributed by atoms with Crippen molar-refractivity contribution < 1.29 is 24.1 Å². The van der Waals surface area contributed by atoms with Crippen LogP contribution in [0.3, 0.4) is 0 Å². The first kappa shape index (κ1) is 22.1. The molecule has 33 heavy (non-hydrogen) atoms. The lowest BCUT2D eigenvalue weighted by Gasteiger charge is -2.30. The highest BCUT2D eigenvalue weighted by atomic mass is 16.6. The molecule has 4 rings (SSSR count). The number of hydrazine groups is 1. The third-order valence-electron chi connectivity index (χ3n) is 6.02. The molecule has 1 aliphatic heterocycles. The summed E-state index contributed by atoms with van der Waals surface area (Å²) < 4.78 is 0. The minimum atomic E-state index is -0.844. The van der Waals surface area contributed by atoms with Gasteiger partial charge in [-0.25, -0.2) is 5.01 Å². The van der Waals surface area contributed by atoms with Crippen LogP contribution in [0.4, 0.5) is 5.69 Å². The van der Waals surface area contributed by atoms with Crippen LogP contribution in [0.2, 0.25) is 0 Å². The zero-order valence-electron chi connectivity index (χ0n) is 17.8. The van der Waals surface area contributed by atoms with Gasteiger partial charge in [0.1, 0.15) is 6.54 Å². The number of benzene rings is 2. The molecule has 2 aromatic carbocycles. The number of amides is 3. The Bertz CT molecular complexity index is 1180. The fourth-order valence-electron chi connectivity index (χ4n) is 4.36. The van der Waals surface area contributed by atoms with Crippen LogP contribution in [0.5, 0.6) is 0 Å². The fourth-order valence-corrected chi connectivity index (χ4v) is 4.36. The van der Waals surface area contributed by atoms with Crippen LogP contribution in [0.25, 0.3) is 0 Å². The van der Waals surface area contributed by atoms with Crippen molar-refractivity contribution in [3.8, 4) is 0 Å². The number of nitro groups is 1. The van der Waals surface area contributed by atoms with Crippen molar-refractivity contribution in [3.63, 3.8) is 0 Å². The second kappa shape index (κ2) is 8.78. The van der Waals surface area contributed by atoms with E-state index in [2.05, 4.69) is 0 Å². The van der Waals surface area contributed by atoms with Crippen molar-refractivity contribution in [3.05, 3.63) is 88.0 Å². The predicted octanol–water partition coefficient (Wildman–Crippen LogP) is 3.03. The quantitative estimate of drug-likeness (QED) is 0.221. The second-order valence-electron chi connectivity index (χ2n) is 8.10. The Morgan fingerprint density at radius 2 is 1.76 bits per heavy atom. The third-order valence-corrected chi connectivity index (χ3v) is 6.02. The number of allylic oxidation sites excluding steroid dienone is 2. The Morgan fingerprint density at radius 1 is 1.06 bits per heavy atom. The van der Waals surface area contributed by atoms with Gasteiger partial charge in [-0.2, -0.15) is 5.01 Å². The van der Waals surface area contributed by atoms with Crippen LogP contribution in [0.15, 0.2) is 66.7 Å². The fraction of sp³-hybridized carbons (Fsp3) is 0.250. The molecule has 3 atom stereocenters. The van der Waals surface area contributed by atoms with Gasteiger partial charge >= 0.3 is 0 Å². The van der Waals surface area contributed by atoms with E-state index in [9.17, 15) is 29.3 Å². The van der Waals surface area contributed by atoms with Crippen molar-refractivity contribution in [2.45, 2.75) is 13.3 Å². The summed E-state index contributed by atoms with van der Waals surface area (Å²) in [6, 6.07) is 13.2. The van der Waals surface area contributed by atoms with Crippen LogP contribution in [-0.2, 0) is 9.59 Å². The highest BCUT2D eigenvalue weighted by molar-refractivity contribution is 6.10. The predicted molar refractivity (Wildman–Crippen MR) is 117 cm³/mol. The van der Waals surface area contributed by atoms with Crippen LogP contribution in [0, 0.1) is 27.9 Å². The summed E-state index contributed by atoms with van der Waals surface area (Å²) in [5, 5.41) is 12.8. The normalized spacial score (nSPS) is 21.6. The number of hydrogen-bond acceptors (Lipinski definition) is 6. The van der Waals surface area contributed by atoms with E-state index < -0.39 is 46.8 Å². The van der Waals surface area contributed by atoms with Crippen molar-refractivity contribution in [1.82, 2.24) is 10.0 Å². The third kappa shape index (κ3) is 4.05. The summed E-state index contributed by atoms with van der Waals surface area (Å²) in [7, 11) is 0. The Hall–Kier alpha value is -4.14. The molecule has 0 spiro atoms. The molecule has 0 aromatic heterocycles. The zero-order chi connectivity index (χ0) is 23.7. The lowest BCUT2D eigenvalue weighted by molar-refractivity contribution is -0.384.